The molecule has 2 aromatic rings. The van der Waals surface area contributed by atoms with Gasteiger partial charge in [0.05, 0.1) is 11.1 Å². The molecule has 0 aliphatic rings. The lowest BCUT2D eigenvalue weighted by molar-refractivity contribution is 0.201. The van der Waals surface area contributed by atoms with Crippen molar-refractivity contribution < 1.29 is 18.0 Å². The van der Waals surface area contributed by atoms with Crippen molar-refractivity contribution in [3.05, 3.63) is 41.8 Å². The highest BCUT2D eigenvalue weighted by molar-refractivity contribution is 7.99. The molecular formula is C14H14F3N3OS. The van der Waals surface area contributed by atoms with E-state index < -0.39 is 23.5 Å². The summed E-state index contributed by atoms with van der Waals surface area (Å²) in [7, 11) is 0. The number of rotatable bonds is 4. The first-order valence-electron chi connectivity index (χ1n) is 6.64. The molecule has 0 N–H and O–H groups in total. The number of amides is 1. The molecule has 0 atom stereocenters. The topological polar surface area (TPSA) is 38.1 Å². The van der Waals surface area contributed by atoms with Gasteiger partial charge in [0, 0.05) is 13.1 Å². The highest BCUT2D eigenvalue weighted by Crippen LogP contribution is 2.32. The normalized spacial score (nSPS) is 10.8. The molecule has 0 fully saturated rings. The zero-order valence-electron chi connectivity index (χ0n) is 12.0. The van der Waals surface area contributed by atoms with Gasteiger partial charge in [-0.15, -0.1) is 0 Å². The van der Waals surface area contributed by atoms with Gasteiger partial charge < -0.3 is 4.90 Å². The average molecular weight is 329 g/mol. The molecule has 0 radical (unpaired) electrons. The van der Waals surface area contributed by atoms with Crippen LogP contribution in [0.2, 0.25) is 0 Å². The average Bonchev–Trinajstić information content (AvgIpc) is 2.85. The van der Waals surface area contributed by atoms with Gasteiger partial charge >= 0.3 is 6.03 Å². The van der Waals surface area contributed by atoms with Gasteiger partial charge in [-0.05, 0) is 26.0 Å². The van der Waals surface area contributed by atoms with Crippen molar-refractivity contribution in [2.45, 2.75) is 23.8 Å². The molecule has 0 spiro atoms. The third-order valence-corrected chi connectivity index (χ3v) is 4.05. The van der Waals surface area contributed by atoms with Gasteiger partial charge in [-0.3, -0.25) is 0 Å². The van der Waals surface area contributed by atoms with Gasteiger partial charge in [-0.1, -0.05) is 17.8 Å². The summed E-state index contributed by atoms with van der Waals surface area (Å²) in [5, 5.41) is 3.52. The lowest BCUT2D eigenvalue weighted by atomic mass is 10.3. The lowest BCUT2D eigenvalue weighted by Gasteiger charge is -2.17. The Hall–Kier alpha value is -1.96. The maximum Gasteiger partial charge on any atom is 0.344 e. The molecule has 0 aliphatic heterocycles. The zero-order valence-corrected chi connectivity index (χ0v) is 12.8. The second-order valence-corrected chi connectivity index (χ2v) is 5.33. The predicted molar refractivity (Wildman–Crippen MR) is 76.4 cm³/mol. The summed E-state index contributed by atoms with van der Waals surface area (Å²) < 4.78 is 41.9. The SMILES string of the molecule is CCN(CC)C(=O)n1cc(F)c(Sc2c(F)cccc2F)n1. The molecule has 4 nitrogen and oxygen atoms in total. The smallest absolute Gasteiger partial charge is 0.323 e. The largest absolute Gasteiger partial charge is 0.344 e. The number of benzene rings is 1. The van der Waals surface area contributed by atoms with Crippen LogP contribution in [-0.4, -0.2) is 33.8 Å². The summed E-state index contributed by atoms with van der Waals surface area (Å²) in [5.74, 6) is -2.43. The van der Waals surface area contributed by atoms with Gasteiger partial charge in [-0.25, -0.2) is 18.0 Å². The van der Waals surface area contributed by atoms with Crippen LogP contribution >= 0.6 is 11.8 Å². The van der Waals surface area contributed by atoms with Crippen LogP contribution < -0.4 is 0 Å². The number of carbonyl (C=O) groups excluding carboxylic acids is 1. The van der Waals surface area contributed by atoms with E-state index in [1.165, 1.54) is 11.0 Å². The number of carbonyl (C=O) groups is 1. The standard InChI is InChI=1S/C14H14F3N3OS/c1-3-19(4-2)14(21)20-8-11(17)13(18-20)22-12-9(15)6-5-7-10(12)16/h5-8H,3-4H2,1-2H3. The van der Waals surface area contributed by atoms with Gasteiger partial charge in [0.15, 0.2) is 10.8 Å². The van der Waals surface area contributed by atoms with Crippen molar-refractivity contribution in [2.75, 3.05) is 13.1 Å². The lowest BCUT2D eigenvalue weighted by Crippen LogP contribution is -2.34. The van der Waals surface area contributed by atoms with Crippen molar-refractivity contribution in [1.29, 1.82) is 0 Å². The second kappa shape index (κ2) is 6.87. The fourth-order valence-corrected chi connectivity index (χ4v) is 2.62. The van der Waals surface area contributed by atoms with Crippen molar-refractivity contribution >= 4 is 17.8 Å². The molecule has 0 saturated carbocycles. The monoisotopic (exact) mass is 329 g/mol. The second-order valence-electron chi connectivity index (χ2n) is 4.33. The van der Waals surface area contributed by atoms with Crippen LogP contribution in [0.4, 0.5) is 18.0 Å². The molecule has 0 unspecified atom stereocenters. The van der Waals surface area contributed by atoms with Crippen molar-refractivity contribution in [3.63, 3.8) is 0 Å². The van der Waals surface area contributed by atoms with E-state index in [-0.39, 0.29) is 9.92 Å². The molecule has 8 heteroatoms. The van der Waals surface area contributed by atoms with E-state index in [0.717, 1.165) is 23.0 Å². The molecule has 0 bridgehead atoms. The molecule has 0 saturated heterocycles. The Morgan fingerprint density at radius 3 is 2.32 bits per heavy atom. The number of nitrogens with zero attached hydrogens (tertiary/aromatic N) is 3. The van der Waals surface area contributed by atoms with E-state index in [0.29, 0.717) is 24.9 Å². The first-order valence-corrected chi connectivity index (χ1v) is 7.45. The molecule has 0 aliphatic carbocycles. The minimum atomic E-state index is -0.812. The van der Waals surface area contributed by atoms with Crippen LogP contribution in [0.15, 0.2) is 34.3 Å². The fraction of sp³-hybridized carbons (Fsp3) is 0.286. The number of hydrogen-bond donors (Lipinski definition) is 0. The predicted octanol–water partition coefficient (Wildman–Crippen LogP) is 3.76. The van der Waals surface area contributed by atoms with Crippen molar-refractivity contribution in [2.24, 2.45) is 0 Å². The molecular weight excluding hydrogens is 315 g/mol. The zero-order chi connectivity index (χ0) is 16.3. The summed E-state index contributed by atoms with van der Waals surface area (Å²) in [4.78, 5) is 13.2. The van der Waals surface area contributed by atoms with Crippen LogP contribution in [0.25, 0.3) is 0 Å². The third-order valence-electron chi connectivity index (χ3n) is 2.99. The Labute approximate surface area is 129 Å². The van der Waals surface area contributed by atoms with E-state index in [4.69, 9.17) is 0 Å². The highest BCUT2D eigenvalue weighted by Gasteiger charge is 2.20. The molecule has 118 valence electrons. The fourth-order valence-electron chi connectivity index (χ4n) is 1.82. The minimum Gasteiger partial charge on any atom is -0.323 e. The number of aromatic nitrogens is 2. The quantitative estimate of drug-likeness (QED) is 0.857. The summed E-state index contributed by atoms with van der Waals surface area (Å²) in [6.07, 6.45) is 0.905. The van der Waals surface area contributed by atoms with Crippen LogP contribution in [-0.2, 0) is 0 Å². The Morgan fingerprint density at radius 1 is 1.18 bits per heavy atom. The number of hydrogen-bond acceptors (Lipinski definition) is 3. The van der Waals surface area contributed by atoms with Gasteiger partial charge in [-0.2, -0.15) is 9.78 Å². The maximum absolute atomic E-state index is 13.9. The van der Waals surface area contributed by atoms with E-state index >= 15 is 0 Å². The van der Waals surface area contributed by atoms with Crippen LogP contribution in [0.5, 0.6) is 0 Å². The van der Waals surface area contributed by atoms with E-state index in [1.54, 1.807) is 13.8 Å². The summed E-state index contributed by atoms with van der Waals surface area (Å²) >= 11 is 0.505. The summed E-state index contributed by atoms with van der Waals surface area (Å²) in [6.45, 7) is 4.46. The summed E-state index contributed by atoms with van der Waals surface area (Å²) in [5.41, 5.74) is 0. The van der Waals surface area contributed by atoms with Crippen LogP contribution in [0.1, 0.15) is 13.8 Å². The third kappa shape index (κ3) is 3.27. The van der Waals surface area contributed by atoms with Crippen LogP contribution in [0.3, 0.4) is 0 Å². The van der Waals surface area contributed by atoms with E-state index in [9.17, 15) is 18.0 Å². The molecule has 2 rings (SSSR count). The summed E-state index contributed by atoms with van der Waals surface area (Å²) in [6, 6.07) is 2.86. The van der Waals surface area contributed by atoms with Crippen molar-refractivity contribution in [3.8, 4) is 0 Å². The molecule has 1 aromatic carbocycles. The van der Waals surface area contributed by atoms with E-state index in [1.807, 2.05) is 0 Å². The maximum atomic E-state index is 13.9. The Kier molecular flexibility index (Phi) is 5.12. The number of halogens is 3. The molecule has 22 heavy (non-hydrogen) atoms. The minimum absolute atomic E-state index is 0.260. The van der Waals surface area contributed by atoms with Gasteiger partial charge in [0.1, 0.15) is 11.6 Å². The first kappa shape index (κ1) is 16.4. The van der Waals surface area contributed by atoms with Gasteiger partial charge in [0.2, 0.25) is 0 Å². The first-order chi connectivity index (χ1) is 10.5. The Balaban J connectivity index is 2.29. The molecule has 1 heterocycles. The highest BCUT2D eigenvalue weighted by atomic mass is 32.2. The van der Waals surface area contributed by atoms with Crippen molar-refractivity contribution in [1.82, 2.24) is 14.7 Å². The van der Waals surface area contributed by atoms with E-state index in [2.05, 4.69) is 5.10 Å². The Bertz CT molecular complexity index is 666. The molecule has 1 aromatic heterocycles. The van der Waals surface area contributed by atoms with Crippen LogP contribution in [0, 0.1) is 17.5 Å². The van der Waals surface area contributed by atoms with Gasteiger partial charge in [0.25, 0.3) is 0 Å². The Morgan fingerprint density at radius 2 is 1.77 bits per heavy atom. The molecule has 1 amide bonds.